The van der Waals surface area contributed by atoms with Gasteiger partial charge < -0.3 is 0 Å². The lowest BCUT2D eigenvalue weighted by Crippen LogP contribution is -2.06. The van der Waals surface area contributed by atoms with E-state index in [-0.39, 0.29) is 0 Å². The van der Waals surface area contributed by atoms with Crippen molar-refractivity contribution in [3.8, 4) is 22.5 Å². The van der Waals surface area contributed by atoms with Crippen LogP contribution in [0.15, 0.2) is 48.5 Å². The van der Waals surface area contributed by atoms with Crippen LogP contribution in [0.25, 0.3) is 22.5 Å². The van der Waals surface area contributed by atoms with E-state index >= 15 is 0 Å². The van der Waals surface area contributed by atoms with Crippen LogP contribution in [0.3, 0.4) is 0 Å². The standard InChI is InChI=1S/C23H27N7/c1-3-5-8-15-30-22(24-21(4-2)27-30)16-17-11-13-18(14-12-17)19-9-6-7-10-20(19)23-25-28-29-26-23/h6-7,9-14H,3-5,8,15-16H2,1-2H3,(H,25,26,28,29). The van der Waals surface area contributed by atoms with Crippen molar-refractivity contribution in [2.45, 2.75) is 52.5 Å². The molecular formula is C23H27N7. The lowest BCUT2D eigenvalue weighted by Gasteiger charge is -2.09. The SMILES string of the molecule is CCCCCn1nc(CC)nc1Cc1ccc(-c2ccccc2-c2nnn[nH]2)cc1. The number of benzene rings is 2. The van der Waals surface area contributed by atoms with Gasteiger partial charge in [0.15, 0.2) is 11.6 Å². The van der Waals surface area contributed by atoms with Gasteiger partial charge in [-0.3, -0.25) is 0 Å². The summed E-state index contributed by atoms with van der Waals surface area (Å²) in [7, 11) is 0. The summed E-state index contributed by atoms with van der Waals surface area (Å²) in [6, 6.07) is 16.8. The van der Waals surface area contributed by atoms with Gasteiger partial charge in [-0.1, -0.05) is 75.2 Å². The van der Waals surface area contributed by atoms with Gasteiger partial charge in [-0.05, 0) is 33.5 Å². The quantitative estimate of drug-likeness (QED) is 0.418. The Labute approximate surface area is 176 Å². The molecule has 2 aromatic heterocycles. The minimum atomic E-state index is 0.668. The van der Waals surface area contributed by atoms with Gasteiger partial charge in [0.25, 0.3) is 0 Å². The summed E-state index contributed by atoms with van der Waals surface area (Å²) in [5.41, 5.74) is 4.44. The fourth-order valence-electron chi connectivity index (χ4n) is 3.60. The fraction of sp³-hybridized carbons (Fsp3) is 0.348. The minimum Gasteiger partial charge on any atom is -0.249 e. The number of nitrogens with zero attached hydrogens (tertiary/aromatic N) is 6. The number of tetrazole rings is 1. The Hall–Kier alpha value is -3.35. The van der Waals surface area contributed by atoms with E-state index < -0.39 is 0 Å². The molecule has 4 rings (SSSR count). The van der Waals surface area contributed by atoms with Gasteiger partial charge >= 0.3 is 0 Å². The maximum Gasteiger partial charge on any atom is 0.180 e. The van der Waals surface area contributed by atoms with Crippen molar-refractivity contribution in [2.75, 3.05) is 0 Å². The summed E-state index contributed by atoms with van der Waals surface area (Å²) in [5.74, 6) is 2.64. The monoisotopic (exact) mass is 401 g/mol. The van der Waals surface area contributed by atoms with Crippen molar-refractivity contribution < 1.29 is 0 Å². The zero-order valence-corrected chi connectivity index (χ0v) is 17.5. The van der Waals surface area contributed by atoms with Crippen LogP contribution in [0.1, 0.15) is 50.3 Å². The highest BCUT2D eigenvalue weighted by molar-refractivity contribution is 5.80. The number of unbranched alkanes of at least 4 members (excludes halogenated alkanes) is 2. The molecular weight excluding hydrogens is 374 g/mol. The Morgan fingerprint density at radius 2 is 1.73 bits per heavy atom. The minimum absolute atomic E-state index is 0.668. The molecule has 0 fully saturated rings. The maximum absolute atomic E-state index is 4.76. The first kappa shape index (κ1) is 19.9. The zero-order chi connectivity index (χ0) is 20.8. The van der Waals surface area contributed by atoms with Gasteiger partial charge in [-0.2, -0.15) is 5.10 Å². The van der Waals surface area contributed by atoms with E-state index in [1.807, 2.05) is 18.2 Å². The van der Waals surface area contributed by atoms with Crippen LogP contribution in [0, 0.1) is 0 Å². The summed E-state index contributed by atoms with van der Waals surface area (Å²) in [6.07, 6.45) is 5.21. The lowest BCUT2D eigenvalue weighted by atomic mass is 9.98. The molecule has 0 atom stereocenters. The number of aromatic nitrogens is 7. The van der Waals surface area contributed by atoms with E-state index in [4.69, 9.17) is 4.98 Å². The maximum atomic E-state index is 4.76. The number of nitrogens with one attached hydrogen (secondary N) is 1. The van der Waals surface area contributed by atoms with Gasteiger partial charge in [0.05, 0.1) is 0 Å². The van der Waals surface area contributed by atoms with Gasteiger partial charge in [0, 0.05) is 24.9 Å². The molecule has 0 aliphatic rings. The largest absolute Gasteiger partial charge is 0.249 e. The average molecular weight is 402 g/mol. The molecule has 7 heteroatoms. The second kappa shape index (κ2) is 9.43. The molecule has 2 heterocycles. The molecule has 0 radical (unpaired) electrons. The van der Waals surface area contributed by atoms with Crippen LogP contribution in [-0.2, 0) is 19.4 Å². The summed E-state index contributed by atoms with van der Waals surface area (Å²) in [4.78, 5) is 4.76. The molecule has 7 nitrogen and oxygen atoms in total. The molecule has 0 spiro atoms. The Kier molecular flexibility index (Phi) is 6.27. The predicted molar refractivity (Wildman–Crippen MR) is 117 cm³/mol. The van der Waals surface area contributed by atoms with Gasteiger partial charge in [0.2, 0.25) is 0 Å². The van der Waals surface area contributed by atoms with E-state index in [1.54, 1.807) is 0 Å². The van der Waals surface area contributed by atoms with Crippen molar-refractivity contribution >= 4 is 0 Å². The smallest absolute Gasteiger partial charge is 0.180 e. The Morgan fingerprint density at radius 3 is 2.43 bits per heavy atom. The molecule has 0 unspecified atom stereocenters. The Bertz CT molecular complexity index is 1070. The number of hydrogen-bond donors (Lipinski definition) is 1. The summed E-state index contributed by atoms with van der Waals surface area (Å²) < 4.78 is 2.09. The summed E-state index contributed by atoms with van der Waals surface area (Å²) >= 11 is 0. The first-order valence-corrected chi connectivity index (χ1v) is 10.6. The van der Waals surface area contributed by atoms with E-state index in [0.717, 1.165) is 54.1 Å². The highest BCUT2D eigenvalue weighted by Crippen LogP contribution is 2.29. The Morgan fingerprint density at radius 1 is 0.933 bits per heavy atom. The zero-order valence-electron chi connectivity index (χ0n) is 17.5. The number of hydrogen-bond acceptors (Lipinski definition) is 5. The topological polar surface area (TPSA) is 85.2 Å². The molecule has 0 saturated heterocycles. The van der Waals surface area contributed by atoms with E-state index in [2.05, 4.69) is 74.6 Å². The van der Waals surface area contributed by atoms with Crippen molar-refractivity contribution in [3.05, 3.63) is 65.7 Å². The van der Waals surface area contributed by atoms with Crippen LogP contribution in [-0.4, -0.2) is 35.4 Å². The molecule has 0 aliphatic carbocycles. The van der Waals surface area contributed by atoms with Crippen molar-refractivity contribution in [2.24, 2.45) is 0 Å². The molecule has 30 heavy (non-hydrogen) atoms. The highest BCUT2D eigenvalue weighted by atomic mass is 15.5. The van der Waals surface area contributed by atoms with Gasteiger partial charge in [-0.25, -0.2) is 14.8 Å². The molecule has 0 saturated carbocycles. The normalized spacial score (nSPS) is 11.1. The van der Waals surface area contributed by atoms with E-state index in [1.165, 1.54) is 18.4 Å². The molecule has 4 aromatic rings. The van der Waals surface area contributed by atoms with Crippen molar-refractivity contribution in [3.63, 3.8) is 0 Å². The lowest BCUT2D eigenvalue weighted by molar-refractivity contribution is 0.531. The average Bonchev–Trinajstić information content (AvgIpc) is 3.45. The molecule has 0 bridgehead atoms. The summed E-state index contributed by atoms with van der Waals surface area (Å²) in [5, 5.41) is 19.0. The molecule has 154 valence electrons. The van der Waals surface area contributed by atoms with Crippen molar-refractivity contribution in [1.82, 2.24) is 35.4 Å². The van der Waals surface area contributed by atoms with Crippen LogP contribution in [0.5, 0.6) is 0 Å². The number of aromatic amines is 1. The second-order valence-corrected chi connectivity index (χ2v) is 7.40. The number of aryl methyl sites for hydroxylation is 2. The van der Waals surface area contributed by atoms with Crippen LogP contribution >= 0.6 is 0 Å². The third kappa shape index (κ3) is 4.45. The fourth-order valence-corrected chi connectivity index (χ4v) is 3.60. The van der Waals surface area contributed by atoms with Gasteiger partial charge in [0.1, 0.15) is 5.82 Å². The third-order valence-electron chi connectivity index (χ3n) is 5.24. The van der Waals surface area contributed by atoms with E-state index in [0.29, 0.717) is 5.82 Å². The van der Waals surface area contributed by atoms with Crippen LogP contribution < -0.4 is 0 Å². The number of rotatable bonds is 9. The molecule has 0 amide bonds. The van der Waals surface area contributed by atoms with Crippen LogP contribution in [0.2, 0.25) is 0 Å². The van der Waals surface area contributed by atoms with Gasteiger partial charge in [-0.15, -0.1) is 5.10 Å². The second-order valence-electron chi connectivity index (χ2n) is 7.40. The molecule has 1 N–H and O–H groups in total. The first-order chi connectivity index (χ1) is 14.8. The van der Waals surface area contributed by atoms with Crippen LogP contribution in [0.4, 0.5) is 0 Å². The Balaban J connectivity index is 1.55. The summed E-state index contributed by atoms with van der Waals surface area (Å²) in [6.45, 7) is 5.26. The van der Waals surface area contributed by atoms with E-state index in [9.17, 15) is 0 Å². The van der Waals surface area contributed by atoms with Crippen molar-refractivity contribution in [1.29, 1.82) is 0 Å². The highest BCUT2D eigenvalue weighted by Gasteiger charge is 2.12. The number of H-pyrrole nitrogens is 1. The predicted octanol–water partition coefficient (Wildman–Crippen LogP) is 4.47. The molecule has 2 aromatic carbocycles. The first-order valence-electron chi connectivity index (χ1n) is 10.6. The third-order valence-corrected chi connectivity index (χ3v) is 5.24. The molecule has 0 aliphatic heterocycles.